The number of ether oxygens (including phenoxy) is 5. The summed E-state index contributed by atoms with van der Waals surface area (Å²) in [6.45, 7) is 8.28. The van der Waals surface area contributed by atoms with Gasteiger partial charge in [0.1, 0.15) is 12.4 Å². The summed E-state index contributed by atoms with van der Waals surface area (Å²) in [5.74, 6) is 0.577. The van der Waals surface area contributed by atoms with Gasteiger partial charge in [-0.3, -0.25) is 4.79 Å². The third kappa shape index (κ3) is 10.8. The summed E-state index contributed by atoms with van der Waals surface area (Å²) in [5, 5.41) is 15.8. The van der Waals surface area contributed by atoms with E-state index in [-0.39, 0.29) is 17.9 Å². The predicted octanol–water partition coefficient (Wildman–Crippen LogP) is 2.93. The summed E-state index contributed by atoms with van der Waals surface area (Å²) in [4.78, 5) is 29.4. The van der Waals surface area contributed by atoms with Crippen LogP contribution in [0.25, 0.3) is 0 Å². The minimum Gasteiger partial charge on any atom is -0.490 e. The zero-order valence-electron chi connectivity index (χ0n) is 27.1. The molecular weight excluding hydrogens is 596 g/mol. The third-order valence-corrected chi connectivity index (χ3v) is 8.23. The summed E-state index contributed by atoms with van der Waals surface area (Å²) in [6, 6.07) is 14.5. The van der Waals surface area contributed by atoms with Crippen molar-refractivity contribution in [1.82, 2.24) is 10.6 Å². The Bertz CT molecular complexity index is 1230. The zero-order chi connectivity index (χ0) is 32.7. The fraction of sp³-hybridized carbons (Fsp3) is 0.606. The molecule has 0 saturated carbocycles. The Morgan fingerprint density at radius 3 is 2.67 bits per heavy atom. The molecular formula is C33H48N4O9. The van der Waals surface area contributed by atoms with E-state index in [1.54, 1.807) is 14.2 Å². The van der Waals surface area contributed by atoms with Crippen LogP contribution in [0.5, 0.6) is 5.75 Å². The van der Waals surface area contributed by atoms with Crippen LogP contribution >= 0.6 is 0 Å². The molecule has 2 aromatic rings. The van der Waals surface area contributed by atoms with Gasteiger partial charge in [-0.15, -0.1) is 10.1 Å². The van der Waals surface area contributed by atoms with Crippen LogP contribution in [0.15, 0.2) is 42.5 Å². The molecule has 13 nitrogen and oxygen atoms in total. The highest BCUT2D eigenvalue weighted by Crippen LogP contribution is 2.35. The van der Waals surface area contributed by atoms with Crippen LogP contribution in [0.3, 0.4) is 0 Å². The molecule has 2 N–H and O–H groups in total. The SMILES string of the molecule is COCCCN1CCOc2ccc(CO[C@H]3CNC[C@@H](CNC(=O)CO[N+](=O)[O-])[C@@H]3c3ccc(COCC(C)COC)cc3)cc21. The van der Waals surface area contributed by atoms with E-state index in [2.05, 4.69) is 57.6 Å². The van der Waals surface area contributed by atoms with E-state index in [1.807, 2.05) is 12.1 Å². The van der Waals surface area contributed by atoms with Crippen LogP contribution in [0.2, 0.25) is 0 Å². The van der Waals surface area contributed by atoms with Crippen molar-refractivity contribution < 1.29 is 38.4 Å². The fourth-order valence-corrected chi connectivity index (χ4v) is 6.01. The molecule has 46 heavy (non-hydrogen) atoms. The Balaban J connectivity index is 1.45. The van der Waals surface area contributed by atoms with Gasteiger partial charge in [0.2, 0.25) is 5.91 Å². The van der Waals surface area contributed by atoms with E-state index in [0.29, 0.717) is 65.2 Å². The van der Waals surface area contributed by atoms with E-state index in [0.717, 1.165) is 47.6 Å². The average Bonchev–Trinajstić information content (AvgIpc) is 3.06. The number of hydrogen-bond donors (Lipinski definition) is 2. The van der Waals surface area contributed by atoms with Crippen LogP contribution in [0.4, 0.5) is 5.69 Å². The monoisotopic (exact) mass is 644 g/mol. The molecule has 4 atom stereocenters. The summed E-state index contributed by atoms with van der Waals surface area (Å²) in [5.41, 5.74) is 4.26. The topological polar surface area (TPSA) is 143 Å². The summed E-state index contributed by atoms with van der Waals surface area (Å²) >= 11 is 0. The number of amides is 1. The Kier molecular flexibility index (Phi) is 14.3. The number of hydrogen-bond acceptors (Lipinski definition) is 11. The number of methoxy groups -OCH3 is 2. The normalized spacial score (nSPS) is 20.0. The van der Waals surface area contributed by atoms with E-state index in [1.165, 1.54) is 0 Å². The van der Waals surface area contributed by atoms with Crippen molar-refractivity contribution in [1.29, 1.82) is 0 Å². The van der Waals surface area contributed by atoms with Gasteiger partial charge in [-0.25, -0.2) is 0 Å². The lowest BCUT2D eigenvalue weighted by atomic mass is 9.79. The Morgan fingerprint density at radius 1 is 1.11 bits per heavy atom. The lowest BCUT2D eigenvalue weighted by Crippen LogP contribution is -2.50. The summed E-state index contributed by atoms with van der Waals surface area (Å²) in [7, 11) is 3.40. The maximum absolute atomic E-state index is 12.3. The molecule has 2 aromatic carbocycles. The second kappa shape index (κ2) is 18.6. The van der Waals surface area contributed by atoms with Crippen LogP contribution in [-0.4, -0.2) is 97.1 Å². The first-order valence-electron chi connectivity index (χ1n) is 15.9. The van der Waals surface area contributed by atoms with Crippen molar-refractivity contribution in [3.63, 3.8) is 0 Å². The van der Waals surface area contributed by atoms with Gasteiger partial charge in [0, 0.05) is 58.8 Å². The number of benzene rings is 2. The average molecular weight is 645 g/mol. The molecule has 1 saturated heterocycles. The van der Waals surface area contributed by atoms with Gasteiger partial charge >= 0.3 is 0 Å². The van der Waals surface area contributed by atoms with Gasteiger partial charge in [-0.1, -0.05) is 37.3 Å². The standard InChI is InChI=1S/C33H48N4O9/c1-24(19-42-3)20-43-21-25-5-8-27(9-6-25)33-28(17-35-32(38)23-46-37(39)40)16-34-18-31(33)45-22-26-7-10-30-29(15-26)36(12-14-44-30)11-4-13-41-2/h5-10,15,24,28,31,33-34H,4,11-14,16-23H2,1-3H3,(H,35,38)/t24?,28-,31-,33-/m0/s1. The Hall–Kier alpha value is -3.49. The maximum Gasteiger partial charge on any atom is 0.295 e. The highest BCUT2D eigenvalue weighted by atomic mass is 16.9. The molecule has 254 valence electrons. The summed E-state index contributed by atoms with van der Waals surface area (Å²) < 4.78 is 28.9. The lowest BCUT2D eigenvalue weighted by Gasteiger charge is -2.39. The molecule has 2 aliphatic heterocycles. The predicted molar refractivity (Wildman–Crippen MR) is 171 cm³/mol. The second-order valence-electron chi connectivity index (χ2n) is 11.9. The molecule has 0 aliphatic carbocycles. The largest absolute Gasteiger partial charge is 0.490 e. The highest BCUT2D eigenvalue weighted by molar-refractivity contribution is 5.77. The van der Waals surface area contributed by atoms with E-state index in [9.17, 15) is 14.9 Å². The molecule has 1 unspecified atom stereocenters. The number of nitrogens with zero attached hydrogens (tertiary/aromatic N) is 2. The number of rotatable bonds is 19. The molecule has 0 aromatic heterocycles. The van der Waals surface area contributed by atoms with Gasteiger partial charge in [-0.05, 0) is 41.2 Å². The number of anilines is 1. The molecule has 4 rings (SSSR count). The van der Waals surface area contributed by atoms with Gasteiger partial charge in [0.15, 0.2) is 6.61 Å². The number of nitrogens with one attached hydrogen (secondary N) is 2. The van der Waals surface area contributed by atoms with E-state index >= 15 is 0 Å². The first-order valence-corrected chi connectivity index (χ1v) is 15.9. The second-order valence-corrected chi connectivity index (χ2v) is 11.9. The van der Waals surface area contributed by atoms with Crippen LogP contribution < -0.4 is 20.3 Å². The molecule has 0 bridgehead atoms. The Labute approximate surface area is 270 Å². The van der Waals surface area contributed by atoms with E-state index < -0.39 is 17.6 Å². The van der Waals surface area contributed by atoms with Gasteiger partial charge in [0.25, 0.3) is 5.09 Å². The minimum atomic E-state index is -0.969. The van der Waals surface area contributed by atoms with Gasteiger partial charge in [0.05, 0.1) is 44.8 Å². The Morgan fingerprint density at radius 2 is 1.91 bits per heavy atom. The quantitative estimate of drug-likeness (QED) is 0.132. The zero-order valence-corrected chi connectivity index (χ0v) is 27.1. The van der Waals surface area contributed by atoms with Gasteiger partial charge < -0.3 is 44.1 Å². The van der Waals surface area contributed by atoms with Crippen molar-refractivity contribution in [2.45, 2.75) is 38.6 Å². The van der Waals surface area contributed by atoms with Crippen molar-refractivity contribution in [2.75, 3.05) is 84.9 Å². The third-order valence-electron chi connectivity index (χ3n) is 8.23. The highest BCUT2D eigenvalue weighted by Gasteiger charge is 2.35. The molecule has 0 spiro atoms. The molecule has 0 radical (unpaired) electrons. The lowest BCUT2D eigenvalue weighted by molar-refractivity contribution is -0.754. The van der Waals surface area contributed by atoms with Crippen molar-refractivity contribution in [2.24, 2.45) is 11.8 Å². The van der Waals surface area contributed by atoms with Gasteiger partial charge in [-0.2, -0.15) is 0 Å². The molecule has 13 heteroatoms. The van der Waals surface area contributed by atoms with Crippen molar-refractivity contribution >= 4 is 11.6 Å². The number of carbonyl (C=O) groups excluding carboxylic acids is 1. The molecule has 1 fully saturated rings. The van der Waals surface area contributed by atoms with Crippen molar-refractivity contribution in [3.05, 3.63) is 69.3 Å². The first-order chi connectivity index (χ1) is 22.4. The van der Waals surface area contributed by atoms with Crippen molar-refractivity contribution in [3.8, 4) is 5.75 Å². The molecule has 2 aliphatic rings. The molecule has 1 amide bonds. The minimum absolute atomic E-state index is 0.0245. The van der Waals surface area contributed by atoms with E-state index in [4.69, 9.17) is 23.7 Å². The molecule has 2 heterocycles. The number of piperidine rings is 1. The van der Waals surface area contributed by atoms with Crippen LogP contribution in [0, 0.1) is 22.0 Å². The number of carbonyl (C=O) groups is 1. The maximum atomic E-state index is 12.3. The van der Waals surface area contributed by atoms with Crippen LogP contribution in [0.1, 0.15) is 36.0 Å². The van der Waals surface area contributed by atoms with Crippen LogP contribution in [-0.2, 0) is 41.8 Å². The number of fused-ring (bicyclic) bond motifs is 1. The fourth-order valence-electron chi connectivity index (χ4n) is 6.01. The summed E-state index contributed by atoms with van der Waals surface area (Å²) in [6.07, 6.45) is 0.743. The first kappa shape index (κ1) is 35.4. The smallest absolute Gasteiger partial charge is 0.295 e.